The van der Waals surface area contributed by atoms with E-state index >= 15 is 0 Å². The second kappa shape index (κ2) is 5.05. The standard InChI is InChI=1S/C17H15FN2O/c1-10-3-5-12(6-4-10)15-16(20-21-17(15)19)13-7-11(2)8-14(18)9-13/h3-9H,19H2,1-2H3. The molecule has 0 aliphatic heterocycles. The summed E-state index contributed by atoms with van der Waals surface area (Å²) < 4.78 is 18.7. The number of nitrogens with zero attached hydrogens (tertiary/aromatic N) is 1. The Morgan fingerprint density at radius 2 is 1.67 bits per heavy atom. The molecule has 0 atom stereocenters. The monoisotopic (exact) mass is 282 g/mol. The van der Waals surface area contributed by atoms with Crippen LogP contribution < -0.4 is 5.73 Å². The second-order valence-corrected chi connectivity index (χ2v) is 5.15. The van der Waals surface area contributed by atoms with E-state index in [4.69, 9.17) is 10.3 Å². The van der Waals surface area contributed by atoms with Crippen molar-refractivity contribution >= 4 is 5.88 Å². The van der Waals surface area contributed by atoms with Gasteiger partial charge in [-0.2, -0.15) is 0 Å². The largest absolute Gasteiger partial charge is 0.367 e. The third-order valence-electron chi connectivity index (χ3n) is 3.37. The van der Waals surface area contributed by atoms with Crippen LogP contribution in [0.5, 0.6) is 0 Å². The lowest BCUT2D eigenvalue weighted by atomic mass is 9.99. The molecule has 0 aliphatic rings. The molecule has 3 aromatic rings. The van der Waals surface area contributed by atoms with E-state index in [1.165, 1.54) is 12.1 Å². The predicted octanol–water partition coefficient (Wildman–Crippen LogP) is 4.35. The van der Waals surface area contributed by atoms with Crippen molar-refractivity contribution in [3.8, 4) is 22.4 Å². The summed E-state index contributed by atoms with van der Waals surface area (Å²) in [7, 11) is 0. The highest BCUT2D eigenvalue weighted by Gasteiger charge is 2.18. The van der Waals surface area contributed by atoms with E-state index in [2.05, 4.69) is 5.16 Å². The van der Waals surface area contributed by atoms with Gasteiger partial charge in [-0.05, 0) is 43.2 Å². The molecule has 0 bridgehead atoms. The van der Waals surface area contributed by atoms with Gasteiger partial charge in [0.1, 0.15) is 11.5 Å². The zero-order chi connectivity index (χ0) is 15.0. The summed E-state index contributed by atoms with van der Waals surface area (Å²) in [4.78, 5) is 0. The van der Waals surface area contributed by atoms with Gasteiger partial charge in [-0.15, -0.1) is 0 Å². The number of nitrogen functional groups attached to an aromatic ring is 1. The van der Waals surface area contributed by atoms with Gasteiger partial charge in [0.2, 0.25) is 5.88 Å². The first kappa shape index (κ1) is 13.4. The number of anilines is 1. The third-order valence-corrected chi connectivity index (χ3v) is 3.37. The minimum Gasteiger partial charge on any atom is -0.367 e. The Labute approximate surface area is 122 Å². The molecule has 0 fully saturated rings. The van der Waals surface area contributed by atoms with E-state index in [1.54, 1.807) is 0 Å². The molecule has 0 saturated carbocycles. The van der Waals surface area contributed by atoms with Gasteiger partial charge in [-0.3, -0.25) is 0 Å². The summed E-state index contributed by atoms with van der Waals surface area (Å²) >= 11 is 0. The fraction of sp³-hybridized carbons (Fsp3) is 0.118. The molecule has 1 aromatic heterocycles. The molecule has 0 spiro atoms. The van der Waals surface area contributed by atoms with E-state index < -0.39 is 0 Å². The van der Waals surface area contributed by atoms with Crippen LogP contribution >= 0.6 is 0 Å². The van der Waals surface area contributed by atoms with Gasteiger partial charge in [0.25, 0.3) is 0 Å². The average Bonchev–Trinajstić information content (AvgIpc) is 2.80. The summed E-state index contributed by atoms with van der Waals surface area (Å²) in [6, 6.07) is 12.6. The smallest absolute Gasteiger partial charge is 0.230 e. The minimum absolute atomic E-state index is 0.232. The number of benzene rings is 2. The van der Waals surface area contributed by atoms with Crippen LogP contribution in [0.3, 0.4) is 0 Å². The van der Waals surface area contributed by atoms with Crippen molar-refractivity contribution in [2.75, 3.05) is 5.73 Å². The second-order valence-electron chi connectivity index (χ2n) is 5.15. The molecule has 2 aromatic carbocycles. The Hall–Kier alpha value is -2.62. The van der Waals surface area contributed by atoms with Crippen LogP contribution in [0.2, 0.25) is 0 Å². The number of aromatic nitrogens is 1. The molecule has 106 valence electrons. The molecule has 2 N–H and O–H groups in total. The Balaban J connectivity index is 2.19. The zero-order valence-electron chi connectivity index (χ0n) is 11.9. The maximum Gasteiger partial charge on any atom is 0.230 e. The Morgan fingerprint density at radius 1 is 0.952 bits per heavy atom. The Morgan fingerprint density at radius 3 is 2.33 bits per heavy atom. The molecule has 0 aliphatic carbocycles. The van der Waals surface area contributed by atoms with Crippen molar-refractivity contribution in [3.05, 3.63) is 59.4 Å². The van der Waals surface area contributed by atoms with Gasteiger partial charge in [0.15, 0.2) is 0 Å². The molecular weight excluding hydrogens is 267 g/mol. The zero-order valence-corrected chi connectivity index (χ0v) is 11.9. The maximum absolute atomic E-state index is 13.6. The summed E-state index contributed by atoms with van der Waals surface area (Å²) in [6.45, 7) is 3.85. The molecule has 4 heteroatoms. The summed E-state index contributed by atoms with van der Waals surface area (Å²) in [5.74, 6) is -0.0720. The number of aryl methyl sites for hydroxylation is 2. The highest BCUT2D eigenvalue weighted by Crippen LogP contribution is 2.36. The molecule has 0 saturated heterocycles. The van der Waals surface area contributed by atoms with Crippen molar-refractivity contribution in [1.29, 1.82) is 0 Å². The molecule has 0 radical (unpaired) electrons. The van der Waals surface area contributed by atoms with Crippen LogP contribution in [0.1, 0.15) is 11.1 Å². The Kier molecular flexibility index (Phi) is 3.22. The van der Waals surface area contributed by atoms with Gasteiger partial charge in [-0.25, -0.2) is 4.39 Å². The summed E-state index contributed by atoms with van der Waals surface area (Å²) in [5, 5.41) is 4.00. The first-order chi connectivity index (χ1) is 10.0. The maximum atomic E-state index is 13.6. The van der Waals surface area contributed by atoms with Crippen LogP contribution in [-0.4, -0.2) is 5.16 Å². The van der Waals surface area contributed by atoms with Crippen molar-refractivity contribution in [2.45, 2.75) is 13.8 Å². The van der Waals surface area contributed by atoms with Crippen LogP contribution in [0, 0.1) is 19.7 Å². The molecule has 0 amide bonds. The van der Waals surface area contributed by atoms with E-state index in [9.17, 15) is 4.39 Å². The lowest BCUT2D eigenvalue weighted by molar-refractivity contribution is 0.439. The quantitative estimate of drug-likeness (QED) is 0.760. The lowest BCUT2D eigenvalue weighted by Gasteiger charge is -2.05. The van der Waals surface area contributed by atoms with E-state index in [1.807, 2.05) is 44.2 Å². The molecular formula is C17H15FN2O. The predicted molar refractivity (Wildman–Crippen MR) is 81.2 cm³/mol. The highest BCUT2D eigenvalue weighted by atomic mass is 19.1. The molecule has 3 nitrogen and oxygen atoms in total. The van der Waals surface area contributed by atoms with Gasteiger partial charge >= 0.3 is 0 Å². The number of rotatable bonds is 2. The fourth-order valence-electron chi connectivity index (χ4n) is 2.37. The third kappa shape index (κ3) is 2.52. The summed E-state index contributed by atoms with van der Waals surface area (Å²) in [6.07, 6.45) is 0. The lowest BCUT2D eigenvalue weighted by Crippen LogP contribution is -1.89. The van der Waals surface area contributed by atoms with Crippen molar-refractivity contribution in [1.82, 2.24) is 5.16 Å². The number of hydrogen-bond donors (Lipinski definition) is 1. The van der Waals surface area contributed by atoms with Crippen molar-refractivity contribution in [2.24, 2.45) is 0 Å². The first-order valence-electron chi connectivity index (χ1n) is 6.64. The van der Waals surface area contributed by atoms with E-state index in [-0.39, 0.29) is 11.7 Å². The van der Waals surface area contributed by atoms with Crippen molar-refractivity contribution in [3.63, 3.8) is 0 Å². The number of hydrogen-bond acceptors (Lipinski definition) is 3. The number of nitrogens with two attached hydrogens (primary N) is 1. The topological polar surface area (TPSA) is 52.0 Å². The van der Waals surface area contributed by atoms with Crippen LogP contribution in [0.4, 0.5) is 10.3 Å². The molecule has 1 heterocycles. The van der Waals surface area contributed by atoms with Crippen LogP contribution in [0.15, 0.2) is 47.0 Å². The van der Waals surface area contributed by atoms with E-state index in [0.29, 0.717) is 16.8 Å². The molecule has 3 rings (SSSR count). The van der Waals surface area contributed by atoms with Gasteiger partial charge in [0.05, 0.1) is 5.56 Å². The van der Waals surface area contributed by atoms with E-state index in [0.717, 1.165) is 16.7 Å². The van der Waals surface area contributed by atoms with Crippen molar-refractivity contribution < 1.29 is 8.91 Å². The number of halogens is 1. The van der Waals surface area contributed by atoms with Crippen LogP contribution in [0.25, 0.3) is 22.4 Å². The normalized spacial score (nSPS) is 10.8. The highest BCUT2D eigenvalue weighted by molar-refractivity contribution is 5.87. The summed E-state index contributed by atoms with van der Waals surface area (Å²) in [5.41, 5.74) is 10.7. The first-order valence-corrected chi connectivity index (χ1v) is 6.64. The van der Waals surface area contributed by atoms with Gasteiger partial charge < -0.3 is 10.3 Å². The van der Waals surface area contributed by atoms with Crippen LogP contribution in [-0.2, 0) is 0 Å². The van der Waals surface area contributed by atoms with Gasteiger partial charge in [0, 0.05) is 5.56 Å². The minimum atomic E-state index is -0.304. The SMILES string of the molecule is Cc1ccc(-c2c(-c3cc(C)cc(F)c3)noc2N)cc1. The average molecular weight is 282 g/mol. The fourth-order valence-corrected chi connectivity index (χ4v) is 2.37. The molecule has 0 unspecified atom stereocenters. The Bertz CT molecular complexity index is 771. The van der Waals surface area contributed by atoms with Gasteiger partial charge in [-0.1, -0.05) is 35.0 Å². The molecule has 21 heavy (non-hydrogen) atoms.